The van der Waals surface area contributed by atoms with E-state index in [1.165, 1.54) is 15.8 Å². The fourth-order valence-corrected chi connectivity index (χ4v) is 2.17. The summed E-state index contributed by atoms with van der Waals surface area (Å²) in [5.41, 5.74) is -0.120. The van der Waals surface area contributed by atoms with Crippen LogP contribution < -0.4 is 0 Å². The first-order valence-corrected chi connectivity index (χ1v) is 6.48. The number of nitrogens with zero attached hydrogens (tertiary/aromatic N) is 5. The SMILES string of the molecule is O=C(O)c1cn(CCN2CCN(CC(F)(F)F)CC2)nn1. The summed E-state index contributed by atoms with van der Waals surface area (Å²) in [5.74, 6) is -1.14. The predicted molar refractivity (Wildman–Crippen MR) is 65.9 cm³/mol. The summed E-state index contributed by atoms with van der Waals surface area (Å²) >= 11 is 0. The van der Waals surface area contributed by atoms with Crippen molar-refractivity contribution in [2.45, 2.75) is 12.7 Å². The highest BCUT2D eigenvalue weighted by atomic mass is 19.4. The van der Waals surface area contributed by atoms with Crippen molar-refractivity contribution in [2.75, 3.05) is 39.3 Å². The lowest BCUT2D eigenvalue weighted by molar-refractivity contribution is -0.149. The van der Waals surface area contributed by atoms with E-state index in [9.17, 15) is 18.0 Å². The Kier molecular flexibility index (Phi) is 4.78. The Morgan fingerprint density at radius 2 is 1.81 bits per heavy atom. The fourth-order valence-electron chi connectivity index (χ4n) is 2.17. The van der Waals surface area contributed by atoms with Crippen LogP contribution in [0.5, 0.6) is 0 Å². The molecule has 0 saturated carbocycles. The van der Waals surface area contributed by atoms with Gasteiger partial charge in [0.15, 0.2) is 5.69 Å². The molecule has 0 amide bonds. The molecule has 10 heteroatoms. The summed E-state index contributed by atoms with van der Waals surface area (Å²) in [6, 6.07) is 0. The molecule has 118 valence electrons. The number of aromatic carboxylic acids is 1. The van der Waals surface area contributed by atoms with Crippen LogP contribution in [0.15, 0.2) is 6.20 Å². The summed E-state index contributed by atoms with van der Waals surface area (Å²) in [5, 5.41) is 15.9. The molecule has 2 rings (SSSR count). The standard InChI is InChI=1S/C11H16F3N5O2/c12-11(13,14)8-18-3-1-17(2-4-18)5-6-19-7-9(10(20)21)15-16-19/h7H,1-6,8H2,(H,20,21). The average molecular weight is 307 g/mol. The van der Waals surface area contributed by atoms with Crippen molar-refractivity contribution < 1.29 is 23.1 Å². The molecule has 0 radical (unpaired) electrons. The molecule has 2 heterocycles. The molecule has 7 nitrogen and oxygen atoms in total. The Hall–Kier alpha value is -1.68. The molecule has 21 heavy (non-hydrogen) atoms. The summed E-state index contributed by atoms with van der Waals surface area (Å²) in [6.45, 7) is 2.04. The van der Waals surface area contributed by atoms with Gasteiger partial charge in [0.1, 0.15) is 0 Å². The smallest absolute Gasteiger partial charge is 0.401 e. The number of halogens is 3. The van der Waals surface area contributed by atoms with Gasteiger partial charge in [0, 0.05) is 32.7 Å². The Morgan fingerprint density at radius 1 is 1.19 bits per heavy atom. The molecule has 0 unspecified atom stereocenters. The van der Waals surface area contributed by atoms with Gasteiger partial charge < -0.3 is 5.11 Å². The van der Waals surface area contributed by atoms with Gasteiger partial charge in [0.25, 0.3) is 0 Å². The maximum Gasteiger partial charge on any atom is 0.401 e. The molecular formula is C11H16F3N5O2. The second-order valence-corrected chi connectivity index (χ2v) is 4.90. The first kappa shape index (κ1) is 15.7. The molecule has 0 spiro atoms. The topological polar surface area (TPSA) is 74.5 Å². The van der Waals surface area contributed by atoms with E-state index >= 15 is 0 Å². The molecule has 0 atom stereocenters. The van der Waals surface area contributed by atoms with Crippen LogP contribution in [0.3, 0.4) is 0 Å². The van der Waals surface area contributed by atoms with Gasteiger partial charge in [-0.25, -0.2) is 4.79 Å². The van der Waals surface area contributed by atoms with Crippen molar-refractivity contribution in [3.8, 4) is 0 Å². The minimum atomic E-state index is -4.16. The van der Waals surface area contributed by atoms with Gasteiger partial charge in [0.2, 0.25) is 0 Å². The zero-order valence-corrected chi connectivity index (χ0v) is 11.3. The average Bonchev–Trinajstić information content (AvgIpc) is 2.85. The van der Waals surface area contributed by atoms with Gasteiger partial charge in [-0.2, -0.15) is 13.2 Å². The normalized spacial score (nSPS) is 18.0. The lowest BCUT2D eigenvalue weighted by Crippen LogP contribution is -2.49. The maximum absolute atomic E-state index is 12.3. The van der Waals surface area contributed by atoms with Crippen LogP contribution in [-0.2, 0) is 6.54 Å². The number of alkyl halides is 3. The Morgan fingerprint density at radius 3 is 2.33 bits per heavy atom. The van der Waals surface area contributed by atoms with E-state index in [4.69, 9.17) is 5.11 Å². The number of carbonyl (C=O) groups is 1. The van der Waals surface area contributed by atoms with Crippen molar-refractivity contribution >= 4 is 5.97 Å². The number of piperazine rings is 1. The number of hydrogen-bond acceptors (Lipinski definition) is 5. The van der Waals surface area contributed by atoms with E-state index < -0.39 is 18.7 Å². The van der Waals surface area contributed by atoms with Gasteiger partial charge in [-0.3, -0.25) is 14.5 Å². The predicted octanol–water partition coefficient (Wildman–Crippen LogP) is 0.156. The van der Waals surface area contributed by atoms with Crippen LogP contribution in [0.2, 0.25) is 0 Å². The lowest BCUT2D eigenvalue weighted by atomic mass is 10.3. The fraction of sp³-hybridized carbons (Fsp3) is 0.727. The zero-order valence-electron chi connectivity index (χ0n) is 11.3. The quantitative estimate of drug-likeness (QED) is 0.835. The zero-order chi connectivity index (χ0) is 15.5. The summed E-state index contributed by atoms with van der Waals surface area (Å²) in [6.07, 6.45) is -2.82. The molecule has 1 fully saturated rings. The van der Waals surface area contributed by atoms with Gasteiger partial charge in [-0.1, -0.05) is 5.21 Å². The number of aromatic nitrogens is 3. The second-order valence-electron chi connectivity index (χ2n) is 4.90. The van der Waals surface area contributed by atoms with E-state index in [0.717, 1.165) is 0 Å². The molecular weight excluding hydrogens is 291 g/mol. The first-order chi connectivity index (χ1) is 9.83. The largest absolute Gasteiger partial charge is 0.476 e. The number of hydrogen-bond donors (Lipinski definition) is 1. The highest BCUT2D eigenvalue weighted by Gasteiger charge is 2.32. The second kappa shape index (κ2) is 6.39. The summed E-state index contributed by atoms with van der Waals surface area (Å²) < 4.78 is 38.2. The maximum atomic E-state index is 12.3. The highest BCUT2D eigenvalue weighted by molar-refractivity contribution is 5.84. The van der Waals surface area contributed by atoms with Crippen LogP contribution >= 0.6 is 0 Å². The van der Waals surface area contributed by atoms with E-state index in [0.29, 0.717) is 39.3 Å². The minimum absolute atomic E-state index is 0.120. The molecule has 0 bridgehead atoms. The Bertz CT molecular complexity index is 482. The number of carboxylic acid groups (broad SMARTS) is 1. The molecule has 0 aromatic carbocycles. The molecule has 1 aliphatic heterocycles. The molecule has 1 saturated heterocycles. The van der Waals surface area contributed by atoms with Crippen LogP contribution in [-0.4, -0.2) is 81.3 Å². The monoisotopic (exact) mass is 307 g/mol. The molecule has 1 N–H and O–H groups in total. The van der Waals surface area contributed by atoms with Gasteiger partial charge in [-0.05, 0) is 0 Å². The third kappa shape index (κ3) is 4.97. The van der Waals surface area contributed by atoms with Crippen LogP contribution in [0.4, 0.5) is 13.2 Å². The Balaban J connectivity index is 1.72. The third-order valence-corrected chi connectivity index (χ3v) is 3.27. The van der Waals surface area contributed by atoms with Gasteiger partial charge in [-0.15, -0.1) is 5.10 Å². The first-order valence-electron chi connectivity index (χ1n) is 6.48. The van der Waals surface area contributed by atoms with Crippen molar-refractivity contribution in [3.05, 3.63) is 11.9 Å². The van der Waals surface area contributed by atoms with Crippen LogP contribution in [0, 0.1) is 0 Å². The molecule has 1 aromatic rings. The third-order valence-electron chi connectivity index (χ3n) is 3.27. The number of rotatable bonds is 5. The van der Waals surface area contributed by atoms with E-state index in [1.54, 1.807) is 0 Å². The van der Waals surface area contributed by atoms with Crippen molar-refractivity contribution in [1.82, 2.24) is 24.8 Å². The van der Waals surface area contributed by atoms with Crippen molar-refractivity contribution in [1.29, 1.82) is 0 Å². The van der Waals surface area contributed by atoms with Crippen LogP contribution in [0.1, 0.15) is 10.5 Å². The molecule has 0 aliphatic carbocycles. The molecule has 1 aromatic heterocycles. The van der Waals surface area contributed by atoms with Crippen LogP contribution in [0.25, 0.3) is 0 Å². The van der Waals surface area contributed by atoms with Gasteiger partial charge in [0.05, 0.1) is 19.3 Å². The van der Waals surface area contributed by atoms with Gasteiger partial charge >= 0.3 is 12.1 Å². The van der Waals surface area contributed by atoms with E-state index in [-0.39, 0.29) is 5.69 Å². The Labute approximate surface area is 118 Å². The summed E-state index contributed by atoms with van der Waals surface area (Å²) in [4.78, 5) is 14.1. The van der Waals surface area contributed by atoms with Crippen molar-refractivity contribution in [3.63, 3.8) is 0 Å². The van der Waals surface area contributed by atoms with E-state index in [2.05, 4.69) is 10.3 Å². The lowest BCUT2D eigenvalue weighted by Gasteiger charge is -2.34. The number of carboxylic acids is 1. The van der Waals surface area contributed by atoms with Crippen molar-refractivity contribution in [2.24, 2.45) is 0 Å². The summed E-state index contributed by atoms with van der Waals surface area (Å²) in [7, 11) is 0. The highest BCUT2D eigenvalue weighted by Crippen LogP contribution is 2.17. The minimum Gasteiger partial charge on any atom is -0.476 e. The van der Waals surface area contributed by atoms with E-state index in [1.807, 2.05) is 4.90 Å². The molecule has 1 aliphatic rings.